The fraction of sp³-hybridized carbons (Fsp3) is 0.0769. The summed E-state index contributed by atoms with van der Waals surface area (Å²) >= 11 is 0. The molecule has 0 heterocycles. The van der Waals surface area contributed by atoms with Crippen molar-refractivity contribution in [2.45, 2.75) is 6.10 Å². The summed E-state index contributed by atoms with van der Waals surface area (Å²) in [6.45, 7) is 0. The highest BCUT2D eigenvalue weighted by atomic mass is 16.3. The lowest BCUT2D eigenvalue weighted by Gasteiger charge is -2.15. The molecule has 0 saturated carbocycles. The molecular formula is C13H13NO3. The third-order valence-corrected chi connectivity index (χ3v) is 2.64. The summed E-state index contributed by atoms with van der Waals surface area (Å²) in [6, 6.07) is 11.1. The number of aliphatic hydroxyl groups is 1. The van der Waals surface area contributed by atoms with E-state index in [1.165, 1.54) is 12.1 Å². The average molecular weight is 231 g/mol. The van der Waals surface area contributed by atoms with Crippen molar-refractivity contribution in [1.82, 2.24) is 0 Å². The lowest BCUT2D eigenvalue weighted by Crippen LogP contribution is -2.04. The number of nitrogens with two attached hydrogens (primary N) is 1. The molecule has 1 atom stereocenters. The van der Waals surface area contributed by atoms with Crippen LogP contribution in [0.4, 0.5) is 5.69 Å². The maximum atomic E-state index is 10.1. The van der Waals surface area contributed by atoms with Gasteiger partial charge in [-0.1, -0.05) is 30.3 Å². The second kappa shape index (κ2) is 4.35. The van der Waals surface area contributed by atoms with Crippen molar-refractivity contribution >= 4 is 5.69 Å². The van der Waals surface area contributed by atoms with Gasteiger partial charge in [-0.15, -0.1) is 0 Å². The molecule has 4 heteroatoms. The van der Waals surface area contributed by atoms with Crippen LogP contribution < -0.4 is 5.73 Å². The fourth-order valence-electron chi connectivity index (χ4n) is 1.70. The van der Waals surface area contributed by atoms with Gasteiger partial charge in [-0.25, -0.2) is 0 Å². The summed E-state index contributed by atoms with van der Waals surface area (Å²) in [6.07, 6.45) is -1.07. The Hall–Kier alpha value is -2.20. The standard InChI is InChI=1S/C13H13NO3/c14-12-9(5-3-7-11(12)16)13(17)8-4-1-2-6-10(8)15/h1-7,13,15-17H,14H2. The molecule has 0 spiro atoms. The summed E-state index contributed by atoms with van der Waals surface area (Å²) in [7, 11) is 0. The van der Waals surface area contributed by atoms with Gasteiger partial charge < -0.3 is 21.1 Å². The van der Waals surface area contributed by atoms with E-state index in [0.29, 0.717) is 11.1 Å². The first-order valence-corrected chi connectivity index (χ1v) is 5.14. The molecule has 88 valence electrons. The Kier molecular flexibility index (Phi) is 2.89. The molecule has 0 aliphatic heterocycles. The Morgan fingerprint density at radius 1 is 0.824 bits per heavy atom. The van der Waals surface area contributed by atoms with E-state index in [4.69, 9.17) is 5.73 Å². The summed E-state index contributed by atoms with van der Waals surface area (Å²) in [5.74, 6) is -0.0975. The number of nitrogen functional groups attached to an aromatic ring is 1. The molecular weight excluding hydrogens is 218 g/mol. The third-order valence-electron chi connectivity index (χ3n) is 2.64. The second-order valence-electron chi connectivity index (χ2n) is 3.74. The van der Waals surface area contributed by atoms with Gasteiger partial charge in [0.05, 0.1) is 5.69 Å². The van der Waals surface area contributed by atoms with E-state index < -0.39 is 6.10 Å². The van der Waals surface area contributed by atoms with Gasteiger partial charge >= 0.3 is 0 Å². The highest BCUT2D eigenvalue weighted by molar-refractivity contribution is 5.60. The summed E-state index contributed by atoms with van der Waals surface area (Å²) < 4.78 is 0. The highest BCUT2D eigenvalue weighted by Gasteiger charge is 2.17. The monoisotopic (exact) mass is 231 g/mol. The Balaban J connectivity index is 2.48. The van der Waals surface area contributed by atoms with Crippen molar-refractivity contribution in [3.8, 4) is 11.5 Å². The lowest BCUT2D eigenvalue weighted by atomic mass is 9.99. The number of hydrogen-bond acceptors (Lipinski definition) is 4. The molecule has 1 unspecified atom stereocenters. The molecule has 0 aliphatic carbocycles. The molecule has 17 heavy (non-hydrogen) atoms. The van der Waals surface area contributed by atoms with Gasteiger partial charge in [0.15, 0.2) is 0 Å². The zero-order valence-corrected chi connectivity index (χ0v) is 9.04. The Labute approximate surface area is 98.6 Å². The van der Waals surface area contributed by atoms with E-state index in [1.54, 1.807) is 30.3 Å². The van der Waals surface area contributed by atoms with Crippen LogP contribution in [-0.4, -0.2) is 15.3 Å². The number of anilines is 1. The fourth-order valence-corrected chi connectivity index (χ4v) is 1.70. The van der Waals surface area contributed by atoms with E-state index in [1.807, 2.05) is 0 Å². The van der Waals surface area contributed by atoms with Crippen LogP contribution in [0.3, 0.4) is 0 Å². The molecule has 0 fully saturated rings. The van der Waals surface area contributed by atoms with Crippen LogP contribution in [0.1, 0.15) is 17.2 Å². The van der Waals surface area contributed by atoms with Gasteiger partial charge in [-0.3, -0.25) is 0 Å². The van der Waals surface area contributed by atoms with E-state index >= 15 is 0 Å². The minimum Gasteiger partial charge on any atom is -0.508 e. The maximum Gasteiger partial charge on any atom is 0.138 e. The number of aromatic hydroxyl groups is 2. The second-order valence-corrected chi connectivity index (χ2v) is 3.74. The summed E-state index contributed by atoms with van der Waals surface area (Å²) in [5, 5.41) is 29.2. The third kappa shape index (κ3) is 2.03. The van der Waals surface area contributed by atoms with Crippen molar-refractivity contribution in [1.29, 1.82) is 0 Å². The minimum atomic E-state index is -1.07. The van der Waals surface area contributed by atoms with Gasteiger partial charge in [0.2, 0.25) is 0 Å². The van der Waals surface area contributed by atoms with Crippen molar-refractivity contribution in [2.24, 2.45) is 0 Å². The number of aliphatic hydroxyl groups excluding tert-OH is 1. The van der Waals surface area contributed by atoms with Crippen LogP contribution in [-0.2, 0) is 0 Å². The minimum absolute atomic E-state index is 0.0113. The molecule has 2 aromatic carbocycles. The van der Waals surface area contributed by atoms with Gasteiger partial charge in [-0.2, -0.15) is 0 Å². The zero-order valence-electron chi connectivity index (χ0n) is 9.04. The largest absolute Gasteiger partial charge is 0.508 e. The number of phenols is 2. The molecule has 2 aromatic rings. The number of phenolic OH excluding ortho intramolecular Hbond substituents is 2. The molecule has 0 aliphatic rings. The van der Waals surface area contributed by atoms with Crippen LogP contribution in [0.15, 0.2) is 42.5 Å². The lowest BCUT2D eigenvalue weighted by molar-refractivity contribution is 0.216. The molecule has 0 bridgehead atoms. The number of para-hydroxylation sites is 2. The summed E-state index contributed by atoms with van der Waals surface area (Å²) in [4.78, 5) is 0. The predicted molar refractivity (Wildman–Crippen MR) is 64.7 cm³/mol. The van der Waals surface area contributed by atoms with Crippen molar-refractivity contribution < 1.29 is 15.3 Å². The molecule has 0 aromatic heterocycles. The van der Waals surface area contributed by atoms with Crippen LogP contribution in [0.5, 0.6) is 11.5 Å². The first kappa shape index (κ1) is 11.3. The van der Waals surface area contributed by atoms with Crippen molar-refractivity contribution in [3.63, 3.8) is 0 Å². The average Bonchev–Trinajstić information content (AvgIpc) is 2.32. The molecule has 2 rings (SSSR count). The summed E-state index contributed by atoms with van der Waals surface area (Å²) in [5.41, 5.74) is 6.51. The Morgan fingerprint density at radius 2 is 1.41 bits per heavy atom. The van der Waals surface area contributed by atoms with Gasteiger partial charge in [-0.05, 0) is 12.1 Å². The first-order chi connectivity index (χ1) is 8.11. The topological polar surface area (TPSA) is 86.7 Å². The molecule has 5 N–H and O–H groups in total. The Bertz CT molecular complexity index is 540. The molecule has 4 nitrogen and oxygen atoms in total. The number of benzene rings is 2. The molecule has 0 saturated heterocycles. The van der Waals surface area contributed by atoms with Crippen LogP contribution >= 0.6 is 0 Å². The van der Waals surface area contributed by atoms with E-state index in [-0.39, 0.29) is 17.2 Å². The van der Waals surface area contributed by atoms with Crippen molar-refractivity contribution in [3.05, 3.63) is 53.6 Å². The van der Waals surface area contributed by atoms with E-state index in [0.717, 1.165) is 0 Å². The van der Waals surface area contributed by atoms with Crippen LogP contribution in [0.2, 0.25) is 0 Å². The molecule has 0 radical (unpaired) electrons. The SMILES string of the molecule is Nc1c(O)cccc1C(O)c1ccccc1O. The van der Waals surface area contributed by atoms with Crippen LogP contribution in [0, 0.1) is 0 Å². The van der Waals surface area contributed by atoms with Gasteiger partial charge in [0, 0.05) is 11.1 Å². The van der Waals surface area contributed by atoms with E-state index in [2.05, 4.69) is 0 Å². The van der Waals surface area contributed by atoms with Gasteiger partial charge in [0.1, 0.15) is 17.6 Å². The zero-order chi connectivity index (χ0) is 12.4. The smallest absolute Gasteiger partial charge is 0.138 e. The van der Waals surface area contributed by atoms with Crippen molar-refractivity contribution in [2.75, 3.05) is 5.73 Å². The maximum absolute atomic E-state index is 10.1. The number of hydrogen-bond donors (Lipinski definition) is 4. The molecule has 0 amide bonds. The highest BCUT2D eigenvalue weighted by Crippen LogP contribution is 2.35. The van der Waals surface area contributed by atoms with Gasteiger partial charge in [0.25, 0.3) is 0 Å². The number of rotatable bonds is 2. The van der Waals surface area contributed by atoms with Crippen LogP contribution in [0.25, 0.3) is 0 Å². The Morgan fingerprint density at radius 3 is 2.12 bits per heavy atom. The first-order valence-electron chi connectivity index (χ1n) is 5.14. The van der Waals surface area contributed by atoms with E-state index in [9.17, 15) is 15.3 Å². The quantitative estimate of drug-likeness (QED) is 0.468. The normalized spacial score (nSPS) is 12.3. The predicted octanol–water partition coefficient (Wildman–Crippen LogP) is 1.76.